The maximum atomic E-state index is 12.6. The molecule has 0 radical (unpaired) electrons. The standard InChI is InChI=1S/C20H32O4Si/c1-7-23-18(22)16-12-15-11-13-10-14(8-9-17(13)21)20(15,16)24-25(5,6)19(2,3)4/h12-15H,7-11H2,1-6H3/t13?,14?,15-,20+/m0/s1. The summed E-state index contributed by atoms with van der Waals surface area (Å²) in [4.78, 5) is 24.8. The van der Waals surface area contributed by atoms with Gasteiger partial charge in [0.1, 0.15) is 5.78 Å². The zero-order valence-electron chi connectivity index (χ0n) is 16.5. The van der Waals surface area contributed by atoms with Gasteiger partial charge >= 0.3 is 5.97 Å². The minimum Gasteiger partial charge on any atom is -0.463 e. The van der Waals surface area contributed by atoms with Crippen LogP contribution >= 0.6 is 0 Å². The fraction of sp³-hybridized carbons (Fsp3) is 0.800. The molecule has 0 amide bonds. The molecule has 2 bridgehead atoms. The Hall–Kier alpha value is -0.943. The van der Waals surface area contributed by atoms with E-state index in [4.69, 9.17) is 9.16 Å². The fourth-order valence-electron chi connectivity index (χ4n) is 4.59. The molecule has 25 heavy (non-hydrogen) atoms. The lowest BCUT2D eigenvalue weighted by molar-refractivity contribution is -0.152. The third-order valence-corrected chi connectivity index (χ3v) is 11.4. The Balaban J connectivity index is 1.99. The van der Waals surface area contributed by atoms with Crippen LogP contribution in [0.5, 0.6) is 0 Å². The maximum Gasteiger partial charge on any atom is 0.336 e. The zero-order chi connectivity index (χ0) is 18.6. The molecule has 2 unspecified atom stereocenters. The highest BCUT2D eigenvalue weighted by molar-refractivity contribution is 6.74. The quantitative estimate of drug-likeness (QED) is 0.552. The summed E-state index contributed by atoms with van der Waals surface area (Å²) in [5, 5.41) is 0.0724. The van der Waals surface area contributed by atoms with Crippen molar-refractivity contribution in [3.63, 3.8) is 0 Å². The van der Waals surface area contributed by atoms with Crippen LogP contribution in [0.1, 0.15) is 53.4 Å². The number of ether oxygens (including phenoxy) is 1. The summed E-state index contributed by atoms with van der Waals surface area (Å²) in [5.41, 5.74) is 0.203. The first kappa shape index (κ1) is 18.8. The Morgan fingerprint density at radius 3 is 2.60 bits per heavy atom. The number of Topliss-reactive ketones (excluding diaryl/α,β-unsaturated/α-hetero) is 1. The molecule has 0 aliphatic heterocycles. The van der Waals surface area contributed by atoms with Crippen LogP contribution in [0.2, 0.25) is 18.1 Å². The first-order valence-corrected chi connectivity index (χ1v) is 12.6. The molecule has 0 aromatic carbocycles. The van der Waals surface area contributed by atoms with Gasteiger partial charge < -0.3 is 9.16 Å². The first-order valence-electron chi connectivity index (χ1n) is 9.65. The Kier molecular flexibility index (Phi) is 4.56. The van der Waals surface area contributed by atoms with Gasteiger partial charge in [-0.3, -0.25) is 4.79 Å². The van der Waals surface area contributed by atoms with E-state index in [1.165, 1.54) is 0 Å². The van der Waals surface area contributed by atoms with Gasteiger partial charge in [0.15, 0.2) is 8.32 Å². The number of hydrogen-bond acceptors (Lipinski definition) is 4. The number of carbonyl (C=O) groups is 2. The zero-order valence-corrected chi connectivity index (χ0v) is 17.5. The highest BCUT2D eigenvalue weighted by Crippen LogP contribution is 2.60. The molecule has 3 aliphatic rings. The van der Waals surface area contributed by atoms with Crippen molar-refractivity contribution in [2.45, 2.75) is 77.1 Å². The Bertz CT molecular complexity index is 616. The third kappa shape index (κ3) is 2.83. The van der Waals surface area contributed by atoms with Gasteiger partial charge in [0.2, 0.25) is 0 Å². The number of esters is 1. The average Bonchev–Trinajstić information content (AvgIpc) is 2.48. The van der Waals surface area contributed by atoms with Crippen molar-refractivity contribution in [2.75, 3.05) is 6.61 Å². The molecule has 0 N–H and O–H groups in total. The van der Waals surface area contributed by atoms with E-state index in [0.29, 0.717) is 18.8 Å². The molecule has 4 atom stereocenters. The molecule has 2 fully saturated rings. The topological polar surface area (TPSA) is 52.6 Å². The van der Waals surface area contributed by atoms with Crippen molar-refractivity contribution >= 4 is 20.1 Å². The van der Waals surface area contributed by atoms with Gasteiger partial charge in [-0.25, -0.2) is 4.79 Å². The lowest BCUT2D eigenvalue weighted by Gasteiger charge is -2.61. The van der Waals surface area contributed by atoms with Gasteiger partial charge in [-0.2, -0.15) is 0 Å². The summed E-state index contributed by atoms with van der Waals surface area (Å²) in [6, 6.07) is 0. The number of fused-ring (bicyclic) bond motifs is 4. The number of rotatable bonds is 4. The van der Waals surface area contributed by atoms with Gasteiger partial charge in [-0.15, -0.1) is 0 Å². The molecular weight excluding hydrogens is 332 g/mol. The van der Waals surface area contributed by atoms with Crippen molar-refractivity contribution in [3.05, 3.63) is 11.6 Å². The predicted molar refractivity (Wildman–Crippen MR) is 99.7 cm³/mol. The maximum absolute atomic E-state index is 12.6. The molecule has 3 aliphatic carbocycles. The molecule has 0 aromatic heterocycles. The highest BCUT2D eigenvalue weighted by atomic mass is 28.4. The van der Waals surface area contributed by atoms with E-state index < -0.39 is 13.9 Å². The minimum atomic E-state index is -2.07. The van der Waals surface area contributed by atoms with Crippen LogP contribution in [-0.2, 0) is 18.8 Å². The van der Waals surface area contributed by atoms with Crippen LogP contribution in [-0.4, -0.2) is 32.3 Å². The summed E-state index contributed by atoms with van der Waals surface area (Å²) in [6.45, 7) is 13.4. The van der Waals surface area contributed by atoms with Gasteiger partial charge in [0, 0.05) is 18.3 Å². The molecule has 0 spiro atoms. The summed E-state index contributed by atoms with van der Waals surface area (Å²) in [7, 11) is -2.07. The van der Waals surface area contributed by atoms with Crippen molar-refractivity contribution in [3.8, 4) is 0 Å². The largest absolute Gasteiger partial charge is 0.463 e. The van der Waals surface area contributed by atoms with Gasteiger partial charge in [-0.05, 0) is 50.2 Å². The van der Waals surface area contributed by atoms with Crippen molar-refractivity contribution in [1.82, 2.24) is 0 Å². The minimum absolute atomic E-state index is 0.0724. The molecular formula is C20H32O4Si. The molecule has 0 heterocycles. The molecule has 140 valence electrons. The van der Waals surface area contributed by atoms with Crippen LogP contribution in [0.4, 0.5) is 0 Å². The second kappa shape index (κ2) is 6.05. The van der Waals surface area contributed by atoms with Crippen LogP contribution in [0.3, 0.4) is 0 Å². The van der Waals surface area contributed by atoms with E-state index in [-0.39, 0.29) is 28.8 Å². The summed E-state index contributed by atoms with van der Waals surface area (Å²) >= 11 is 0. The average molecular weight is 365 g/mol. The highest BCUT2D eigenvalue weighted by Gasteiger charge is 2.64. The Morgan fingerprint density at radius 2 is 2.00 bits per heavy atom. The number of hydrogen-bond donors (Lipinski definition) is 0. The van der Waals surface area contributed by atoms with Gasteiger partial charge in [-0.1, -0.05) is 26.8 Å². The second-order valence-electron chi connectivity index (χ2n) is 9.43. The van der Waals surface area contributed by atoms with E-state index in [2.05, 4.69) is 33.9 Å². The second-order valence-corrected chi connectivity index (χ2v) is 14.2. The van der Waals surface area contributed by atoms with Crippen LogP contribution in [0, 0.1) is 17.8 Å². The lowest BCUT2D eigenvalue weighted by atomic mass is 9.51. The normalized spacial score (nSPS) is 34.7. The predicted octanol–water partition coefficient (Wildman–Crippen LogP) is 4.26. The van der Waals surface area contributed by atoms with E-state index in [0.717, 1.165) is 24.8 Å². The van der Waals surface area contributed by atoms with E-state index in [9.17, 15) is 9.59 Å². The summed E-state index contributed by atoms with van der Waals surface area (Å²) in [6.07, 6.45) is 5.18. The van der Waals surface area contributed by atoms with E-state index in [1.54, 1.807) is 0 Å². The van der Waals surface area contributed by atoms with Crippen molar-refractivity contribution in [2.24, 2.45) is 17.8 Å². The molecule has 0 saturated heterocycles. The molecule has 5 heteroatoms. The van der Waals surface area contributed by atoms with Crippen molar-refractivity contribution < 1.29 is 18.8 Å². The molecule has 0 aromatic rings. The van der Waals surface area contributed by atoms with E-state index >= 15 is 0 Å². The number of ketones is 1. The van der Waals surface area contributed by atoms with Crippen LogP contribution in [0.25, 0.3) is 0 Å². The lowest BCUT2D eigenvalue weighted by Crippen LogP contribution is -2.66. The monoisotopic (exact) mass is 364 g/mol. The van der Waals surface area contributed by atoms with Gasteiger partial charge in [0.05, 0.1) is 17.8 Å². The van der Waals surface area contributed by atoms with Crippen LogP contribution < -0.4 is 0 Å². The molecule has 3 rings (SSSR count). The van der Waals surface area contributed by atoms with E-state index in [1.807, 2.05) is 13.0 Å². The summed E-state index contributed by atoms with van der Waals surface area (Å²) < 4.78 is 12.3. The third-order valence-electron chi connectivity index (χ3n) is 6.97. The van der Waals surface area contributed by atoms with Crippen molar-refractivity contribution in [1.29, 1.82) is 0 Å². The Morgan fingerprint density at radius 1 is 1.32 bits per heavy atom. The Labute approximate surface area is 152 Å². The summed E-state index contributed by atoms with van der Waals surface area (Å²) in [5.74, 6) is 0.754. The van der Waals surface area contributed by atoms with Crippen LogP contribution in [0.15, 0.2) is 11.6 Å². The first-order chi connectivity index (χ1) is 11.5. The smallest absolute Gasteiger partial charge is 0.336 e. The van der Waals surface area contributed by atoms with Gasteiger partial charge in [0.25, 0.3) is 0 Å². The number of carbonyl (C=O) groups excluding carboxylic acids is 2. The molecule has 4 nitrogen and oxygen atoms in total. The molecule has 2 saturated carbocycles. The SMILES string of the molecule is CCOC(=O)C1=C[C@@H]2CC3CC(CCC3=O)[C@]12O[Si](C)(C)C(C)(C)C. The fourth-order valence-corrected chi connectivity index (χ4v) is 6.17.